The fourth-order valence-corrected chi connectivity index (χ4v) is 4.86. The Morgan fingerprint density at radius 1 is 1.20 bits per heavy atom. The first-order valence-corrected chi connectivity index (χ1v) is 11.6. The van der Waals surface area contributed by atoms with Gasteiger partial charge in [-0.1, -0.05) is 11.6 Å². The monoisotopic (exact) mass is 496 g/mol. The molecule has 4 aromatic rings. The Hall–Kier alpha value is -3.34. The molecule has 1 atom stereocenters. The first kappa shape index (κ1) is 23.4. The Balaban J connectivity index is 1.58. The summed E-state index contributed by atoms with van der Waals surface area (Å²) in [5, 5.41) is 0.0474. The number of aromatic nitrogens is 5. The minimum atomic E-state index is -0.472. The fourth-order valence-electron chi connectivity index (χ4n) is 4.68. The average molecular weight is 497 g/mol. The van der Waals surface area contributed by atoms with Crippen LogP contribution in [-0.4, -0.2) is 56.8 Å². The van der Waals surface area contributed by atoms with Crippen LogP contribution in [0.25, 0.3) is 22.4 Å². The van der Waals surface area contributed by atoms with Gasteiger partial charge in [0.2, 0.25) is 0 Å². The molecule has 4 heterocycles. The summed E-state index contributed by atoms with van der Waals surface area (Å²) < 4.78 is 21.1. The lowest BCUT2D eigenvalue weighted by Gasteiger charge is -2.41. The number of piperidine rings is 1. The van der Waals surface area contributed by atoms with Crippen LogP contribution in [0.4, 0.5) is 15.9 Å². The van der Waals surface area contributed by atoms with E-state index in [1.54, 1.807) is 25.6 Å². The summed E-state index contributed by atoms with van der Waals surface area (Å²) in [5.74, 6) is -0.144. The zero-order valence-corrected chi connectivity index (χ0v) is 20.0. The summed E-state index contributed by atoms with van der Waals surface area (Å²) in [6.45, 7) is 2.42. The van der Waals surface area contributed by atoms with Crippen molar-refractivity contribution >= 4 is 34.3 Å². The van der Waals surface area contributed by atoms with E-state index in [2.05, 4.69) is 24.8 Å². The summed E-state index contributed by atoms with van der Waals surface area (Å²) in [7, 11) is 1.67. The van der Waals surface area contributed by atoms with Crippen molar-refractivity contribution in [2.75, 3.05) is 37.4 Å². The van der Waals surface area contributed by atoms with Gasteiger partial charge in [-0.15, -0.1) is 0 Å². The summed E-state index contributed by atoms with van der Waals surface area (Å²) >= 11 is 6.04. The van der Waals surface area contributed by atoms with Crippen molar-refractivity contribution in [1.29, 1.82) is 0 Å². The Bertz CT molecular complexity index is 1380. The second-order valence-corrected chi connectivity index (χ2v) is 9.36. The van der Waals surface area contributed by atoms with E-state index in [9.17, 15) is 4.39 Å². The number of nitrogens with zero attached hydrogens (tertiary/aromatic N) is 6. The molecule has 1 aromatic carbocycles. The van der Waals surface area contributed by atoms with Crippen molar-refractivity contribution in [2.45, 2.75) is 24.9 Å². The van der Waals surface area contributed by atoms with Gasteiger partial charge in [-0.05, 0) is 42.7 Å². The number of methoxy groups -OCH3 is 1. The second-order valence-electron chi connectivity index (χ2n) is 8.95. The highest BCUT2D eigenvalue weighted by molar-refractivity contribution is 6.31. The normalized spacial score (nSPS) is 18.3. The Morgan fingerprint density at radius 3 is 2.86 bits per heavy atom. The molecule has 182 valence electrons. The molecule has 9 nitrogen and oxygen atoms in total. The van der Waals surface area contributed by atoms with Crippen LogP contribution in [0.1, 0.15) is 18.4 Å². The third-order valence-corrected chi connectivity index (χ3v) is 6.62. The highest BCUT2D eigenvalue weighted by Crippen LogP contribution is 2.32. The Labute approximate surface area is 206 Å². The number of nitrogen functional groups attached to an aromatic ring is 1. The summed E-state index contributed by atoms with van der Waals surface area (Å²) in [6.07, 6.45) is 6.78. The lowest BCUT2D eigenvalue weighted by atomic mass is 9.90. The number of halogens is 2. The highest BCUT2D eigenvalue weighted by atomic mass is 35.5. The third-order valence-electron chi connectivity index (χ3n) is 6.33. The molecule has 5 rings (SSSR count). The molecule has 0 aliphatic carbocycles. The molecule has 0 spiro atoms. The number of ether oxygens (including phenoxy) is 1. The SMILES string of the molecule is COC[C@@]1(N)CCCN(c2cnc(-c3ccc(F)c(Cl)c3)cc2Cn2cnc3c(N)ncnc32)C1. The minimum absolute atomic E-state index is 0.0474. The van der Waals surface area contributed by atoms with Gasteiger partial charge in [0.25, 0.3) is 0 Å². The number of rotatable bonds is 6. The number of hydrogen-bond donors (Lipinski definition) is 2. The van der Waals surface area contributed by atoms with Crippen LogP contribution in [0, 0.1) is 5.82 Å². The van der Waals surface area contributed by atoms with Gasteiger partial charge in [-0.25, -0.2) is 19.3 Å². The van der Waals surface area contributed by atoms with Crippen LogP contribution in [0.15, 0.2) is 43.1 Å². The zero-order valence-electron chi connectivity index (χ0n) is 19.3. The molecule has 11 heteroatoms. The van der Waals surface area contributed by atoms with Crippen molar-refractivity contribution in [2.24, 2.45) is 5.73 Å². The van der Waals surface area contributed by atoms with Crippen LogP contribution in [0.2, 0.25) is 5.02 Å². The zero-order chi connectivity index (χ0) is 24.6. The smallest absolute Gasteiger partial charge is 0.165 e. The van der Waals surface area contributed by atoms with E-state index in [1.807, 2.05) is 16.8 Å². The van der Waals surface area contributed by atoms with Gasteiger partial charge in [-0.3, -0.25) is 4.98 Å². The quantitative estimate of drug-likeness (QED) is 0.417. The van der Waals surface area contributed by atoms with Crippen LogP contribution >= 0.6 is 11.6 Å². The molecule has 0 bridgehead atoms. The fraction of sp³-hybridized carbons (Fsp3) is 0.333. The van der Waals surface area contributed by atoms with E-state index in [-0.39, 0.29) is 5.02 Å². The van der Waals surface area contributed by atoms with E-state index >= 15 is 0 Å². The second kappa shape index (κ2) is 9.37. The van der Waals surface area contributed by atoms with Crippen LogP contribution in [0.5, 0.6) is 0 Å². The van der Waals surface area contributed by atoms with Gasteiger partial charge in [0.1, 0.15) is 17.7 Å². The molecule has 0 saturated carbocycles. The maximum atomic E-state index is 13.8. The number of fused-ring (bicyclic) bond motifs is 1. The van der Waals surface area contributed by atoms with Crippen molar-refractivity contribution in [3.8, 4) is 11.3 Å². The van der Waals surface area contributed by atoms with E-state index in [1.165, 1.54) is 12.4 Å². The lowest BCUT2D eigenvalue weighted by Crippen LogP contribution is -2.57. The molecular formula is C24H26ClFN8O. The topological polar surface area (TPSA) is 121 Å². The first-order valence-electron chi connectivity index (χ1n) is 11.3. The summed E-state index contributed by atoms with van der Waals surface area (Å²) in [6, 6.07) is 6.57. The number of pyridine rings is 1. The molecule has 35 heavy (non-hydrogen) atoms. The molecular weight excluding hydrogens is 471 g/mol. The Morgan fingerprint density at radius 2 is 2.06 bits per heavy atom. The Kier molecular flexibility index (Phi) is 6.26. The van der Waals surface area contributed by atoms with E-state index in [0.29, 0.717) is 42.4 Å². The maximum Gasteiger partial charge on any atom is 0.165 e. The van der Waals surface area contributed by atoms with Crippen molar-refractivity contribution in [1.82, 2.24) is 24.5 Å². The predicted octanol–water partition coefficient (Wildman–Crippen LogP) is 3.26. The van der Waals surface area contributed by atoms with Crippen molar-refractivity contribution in [3.05, 3.63) is 59.5 Å². The van der Waals surface area contributed by atoms with Crippen LogP contribution in [0.3, 0.4) is 0 Å². The highest BCUT2D eigenvalue weighted by Gasteiger charge is 2.33. The minimum Gasteiger partial charge on any atom is -0.383 e. The standard InChI is InChI=1S/C24H26ClFN8O/c1-35-12-24(28)5-2-6-33(11-24)20-9-29-19(15-3-4-18(26)17(25)7-15)8-16(20)10-34-14-32-21-22(27)30-13-31-23(21)34/h3-4,7-9,13-14H,2,5-6,10-12,28H2,1H3,(H2,27,30,31)/t24-/m1/s1. The van der Waals surface area contributed by atoms with Gasteiger partial charge >= 0.3 is 0 Å². The molecule has 4 N–H and O–H groups in total. The van der Waals surface area contributed by atoms with E-state index < -0.39 is 11.4 Å². The molecule has 0 radical (unpaired) electrons. The number of nitrogens with two attached hydrogens (primary N) is 2. The molecule has 0 amide bonds. The van der Waals surface area contributed by atoms with E-state index in [0.717, 1.165) is 36.2 Å². The van der Waals surface area contributed by atoms with Crippen molar-refractivity contribution < 1.29 is 9.13 Å². The summed E-state index contributed by atoms with van der Waals surface area (Å²) in [5.41, 5.74) is 16.7. The van der Waals surface area contributed by atoms with Gasteiger partial charge < -0.3 is 25.7 Å². The number of anilines is 2. The predicted molar refractivity (Wildman–Crippen MR) is 134 cm³/mol. The van der Waals surface area contributed by atoms with E-state index in [4.69, 9.17) is 27.8 Å². The average Bonchev–Trinajstić information content (AvgIpc) is 3.25. The van der Waals surface area contributed by atoms with Crippen LogP contribution < -0.4 is 16.4 Å². The van der Waals surface area contributed by atoms with Gasteiger partial charge in [-0.2, -0.15) is 0 Å². The molecule has 3 aromatic heterocycles. The molecule has 1 fully saturated rings. The number of benzene rings is 1. The molecule has 1 aliphatic rings. The maximum absolute atomic E-state index is 13.8. The molecule has 0 unspecified atom stereocenters. The molecule has 1 saturated heterocycles. The summed E-state index contributed by atoms with van der Waals surface area (Å²) in [4.78, 5) is 19.7. The first-order chi connectivity index (χ1) is 16.9. The largest absolute Gasteiger partial charge is 0.383 e. The number of imidazole rings is 1. The van der Waals surface area contributed by atoms with Gasteiger partial charge in [0.15, 0.2) is 11.5 Å². The van der Waals surface area contributed by atoms with Gasteiger partial charge in [0.05, 0.1) is 47.6 Å². The van der Waals surface area contributed by atoms with Crippen molar-refractivity contribution in [3.63, 3.8) is 0 Å². The van der Waals surface area contributed by atoms with Crippen LogP contribution in [-0.2, 0) is 11.3 Å². The lowest BCUT2D eigenvalue weighted by molar-refractivity contribution is 0.121. The number of hydrogen-bond acceptors (Lipinski definition) is 8. The third kappa shape index (κ3) is 4.64. The molecule has 1 aliphatic heterocycles. The van der Waals surface area contributed by atoms with Gasteiger partial charge in [0, 0.05) is 25.8 Å².